The maximum atomic E-state index is 13.1. The van der Waals surface area contributed by atoms with Crippen LogP contribution in [0.3, 0.4) is 0 Å². The zero-order chi connectivity index (χ0) is 20.7. The van der Waals surface area contributed by atoms with Crippen LogP contribution in [0.1, 0.15) is 54.7 Å². The van der Waals surface area contributed by atoms with E-state index in [0.717, 1.165) is 18.7 Å². The molecule has 1 fully saturated rings. The van der Waals surface area contributed by atoms with E-state index in [1.807, 2.05) is 13.8 Å². The highest BCUT2D eigenvalue weighted by Crippen LogP contribution is 2.32. The summed E-state index contributed by atoms with van der Waals surface area (Å²) < 4.78 is 39.8. The fourth-order valence-electron chi connectivity index (χ4n) is 3.47. The standard InChI is InChI=1S/C19H24F3N5O.ClH/c1-12(2)16-14(17(28)26-7-6-18(3,10-23)11-26)9-25-27(16)15-5-4-13(8-24-15)19(20,21)22;/h4-5,8-9,12H,6-7,10-11,23H2,1-3H3;1H. The molecule has 1 amide bonds. The average Bonchev–Trinajstić information content (AvgIpc) is 3.25. The number of aromatic nitrogens is 3. The van der Waals surface area contributed by atoms with Crippen LogP contribution in [-0.2, 0) is 6.18 Å². The van der Waals surface area contributed by atoms with Crippen molar-refractivity contribution in [3.05, 3.63) is 41.3 Å². The quantitative estimate of drug-likeness (QED) is 0.801. The first-order valence-electron chi connectivity index (χ1n) is 9.16. The maximum absolute atomic E-state index is 13.1. The second-order valence-corrected chi connectivity index (χ2v) is 7.90. The lowest BCUT2D eigenvalue weighted by molar-refractivity contribution is -0.137. The lowest BCUT2D eigenvalue weighted by atomic mass is 9.90. The molecule has 1 aliphatic heterocycles. The number of carbonyl (C=O) groups is 1. The molecule has 2 aromatic rings. The number of halogens is 4. The van der Waals surface area contributed by atoms with Gasteiger partial charge < -0.3 is 10.6 Å². The van der Waals surface area contributed by atoms with Gasteiger partial charge in [-0.05, 0) is 36.4 Å². The van der Waals surface area contributed by atoms with Crippen molar-refractivity contribution >= 4 is 18.3 Å². The van der Waals surface area contributed by atoms with Gasteiger partial charge in [0, 0.05) is 19.3 Å². The molecular formula is C19H25ClF3N5O. The molecule has 6 nitrogen and oxygen atoms in total. The number of carbonyl (C=O) groups excluding carboxylic acids is 1. The lowest BCUT2D eigenvalue weighted by Crippen LogP contribution is -2.34. The molecule has 2 aromatic heterocycles. The van der Waals surface area contributed by atoms with Crippen LogP contribution < -0.4 is 5.73 Å². The maximum Gasteiger partial charge on any atom is 0.417 e. The van der Waals surface area contributed by atoms with Crippen molar-refractivity contribution in [3.8, 4) is 5.82 Å². The first-order chi connectivity index (χ1) is 13.1. The molecule has 0 bridgehead atoms. The Balaban J connectivity index is 0.00000300. The van der Waals surface area contributed by atoms with Crippen LogP contribution in [0, 0.1) is 5.41 Å². The molecule has 1 saturated heterocycles. The molecule has 0 saturated carbocycles. The molecule has 3 rings (SSSR count). The molecule has 0 radical (unpaired) electrons. The Kier molecular flexibility index (Phi) is 6.64. The van der Waals surface area contributed by atoms with Gasteiger partial charge in [-0.25, -0.2) is 9.67 Å². The Hall–Kier alpha value is -2.13. The minimum Gasteiger partial charge on any atom is -0.338 e. The van der Waals surface area contributed by atoms with Crippen molar-refractivity contribution in [2.75, 3.05) is 19.6 Å². The van der Waals surface area contributed by atoms with Crippen molar-refractivity contribution in [1.82, 2.24) is 19.7 Å². The SMILES string of the molecule is CC(C)c1c(C(=O)N2CCC(C)(CN)C2)cnn1-c1ccc(C(F)(F)F)cn1.Cl. The van der Waals surface area contributed by atoms with Gasteiger partial charge in [0.1, 0.15) is 0 Å². The Labute approximate surface area is 173 Å². The summed E-state index contributed by atoms with van der Waals surface area (Å²) in [7, 11) is 0. The van der Waals surface area contributed by atoms with Crippen LogP contribution in [0.5, 0.6) is 0 Å². The van der Waals surface area contributed by atoms with Crippen LogP contribution in [0.25, 0.3) is 5.82 Å². The van der Waals surface area contributed by atoms with Gasteiger partial charge in [0.05, 0.1) is 23.0 Å². The number of nitrogens with two attached hydrogens (primary N) is 1. The summed E-state index contributed by atoms with van der Waals surface area (Å²) in [5, 5.41) is 4.25. The summed E-state index contributed by atoms with van der Waals surface area (Å²) in [4.78, 5) is 18.7. The van der Waals surface area contributed by atoms with E-state index in [4.69, 9.17) is 5.73 Å². The van der Waals surface area contributed by atoms with E-state index >= 15 is 0 Å². The summed E-state index contributed by atoms with van der Waals surface area (Å²) in [6.07, 6.45) is -1.38. The summed E-state index contributed by atoms with van der Waals surface area (Å²) in [6, 6.07) is 2.22. The molecule has 1 unspecified atom stereocenters. The highest BCUT2D eigenvalue weighted by atomic mass is 35.5. The molecular weight excluding hydrogens is 407 g/mol. The Morgan fingerprint density at radius 3 is 2.48 bits per heavy atom. The fraction of sp³-hybridized carbons (Fsp3) is 0.526. The van der Waals surface area contributed by atoms with Gasteiger partial charge in [0.15, 0.2) is 5.82 Å². The van der Waals surface area contributed by atoms with Gasteiger partial charge in [-0.2, -0.15) is 18.3 Å². The molecule has 3 heterocycles. The van der Waals surface area contributed by atoms with Gasteiger partial charge in [-0.15, -0.1) is 12.4 Å². The van der Waals surface area contributed by atoms with Gasteiger partial charge in [0.25, 0.3) is 5.91 Å². The van der Waals surface area contributed by atoms with Crippen molar-refractivity contribution in [2.45, 2.75) is 39.3 Å². The number of hydrogen-bond acceptors (Lipinski definition) is 4. The number of rotatable bonds is 4. The second kappa shape index (κ2) is 8.31. The van der Waals surface area contributed by atoms with Crippen LogP contribution in [-0.4, -0.2) is 45.2 Å². The van der Waals surface area contributed by atoms with Crippen LogP contribution in [0.4, 0.5) is 13.2 Å². The zero-order valence-corrected chi connectivity index (χ0v) is 17.3. The highest BCUT2D eigenvalue weighted by Gasteiger charge is 2.37. The van der Waals surface area contributed by atoms with E-state index in [-0.39, 0.29) is 35.5 Å². The van der Waals surface area contributed by atoms with Gasteiger partial charge in [0.2, 0.25) is 0 Å². The zero-order valence-electron chi connectivity index (χ0n) is 16.5. The minimum absolute atomic E-state index is 0. The predicted molar refractivity (Wildman–Crippen MR) is 105 cm³/mol. The smallest absolute Gasteiger partial charge is 0.338 e. The molecule has 29 heavy (non-hydrogen) atoms. The van der Waals surface area contributed by atoms with E-state index in [1.165, 1.54) is 16.9 Å². The van der Waals surface area contributed by atoms with Gasteiger partial charge in [-0.3, -0.25) is 4.79 Å². The van der Waals surface area contributed by atoms with E-state index in [9.17, 15) is 18.0 Å². The summed E-state index contributed by atoms with van der Waals surface area (Å²) in [6.45, 7) is 7.56. The Morgan fingerprint density at radius 1 is 1.31 bits per heavy atom. The summed E-state index contributed by atoms with van der Waals surface area (Å²) >= 11 is 0. The van der Waals surface area contributed by atoms with E-state index in [2.05, 4.69) is 17.0 Å². The monoisotopic (exact) mass is 431 g/mol. The van der Waals surface area contributed by atoms with Crippen molar-refractivity contribution in [1.29, 1.82) is 0 Å². The summed E-state index contributed by atoms with van der Waals surface area (Å²) in [5.41, 5.74) is 5.97. The van der Waals surface area contributed by atoms with E-state index < -0.39 is 11.7 Å². The number of likely N-dealkylation sites (tertiary alicyclic amines) is 1. The fourth-order valence-corrected chi connectivity index (χ4v) is 3.47. The summed E-state index contributed by atoms with van der Waals surface area (Å²) in [5.74, 6) is 0.0250. The number of nitrogens with zero attached hydrogens (tertiary/aromatic N) is 4. The van der Waals surface area contributed by atoms with Gasteiger partial charge >= 0.3 is 6.18 Å². The third kappa shape index (κ3) is 4.56. The molecule has 10 heteroatoms. The number of pyridine rings is 1. The van der Waals surface area contributed by atoms with Crippen molar-refractivity contribution in [3.63, 3.8) is 0 Å². The van der Waals surface area contributed by atoms with Gasteiger partial charge in [-0.1, -0.05) is 20.8 Å². The molecule has 0 spiro atoms. The van der Waals surface area contributed by atoms with Crippen molar-refractivity contribution < 1.29 is 18.0 Å². The van der Waals surface area contributed by atoms with Crippen LogP contribution >= 0.6 is 12.4 Å². The van der Waals surface area contributed by atoms with Crippen LogP contribution in [0.2, 0.25) is 0 Å². The minimum atomic E-state index is -4.46. The molecule has 0 aliphatic carbocycles. The molecule has 2 N–H and O–H groups in total. The van der Waals surface area contributed by atoms with Crippen LogP contribution in [0.15, 0.2) is 24.5 Å². The Morgan fingerprint density at radius 2 is 2.00 bits per heavy atom. The average molecular weight is 432 g/mol. The largest absolute Gasteiger partial charge is 0.417 e. The molecule has 1 atom stereocenters. The van der Waals surface area contributed by atoms with E-state index in [0.29, 0.717) is 30.9 Å². The number of alkyl halides is 3. The predicted octanol–water partition coefficient (Wildman–Crippen LogP) is 3.64. The van der Waals surface area contributed by atoms with Crippen molar-refractivity contribution in [2.24, 2.45) is 11.1 Å². The molecule has 0 aromatic carbocycles. The molecule has 160 valence electrons. The number of amides is 1. The third-order valence-electron chi connectivity index (χ3n) is 5.21. The first kappa shape index (κ1) is 23.2. The topological polar surface area (TPSA) is 77.0 Å². The Bertz CT molecular complexity index is 866. The van der Waals surface area contributed by atoms with E-state index in [1.54, 1.807) is 4.90 Å². The number of hydrogen-bond donors (Lipinski definition) is 1. The molecule has 1 aliphatic rings. The normalized spacial score (nSPS) is 19.5. The second-order valence-electron chi connectivity index (χ2n) is 7.90. The lowest BCUT2D eigenvalue weighted by Gasteiger charge is -2.23. The third-order valence-corrected chi connectivity index (χ3v) is 5.21. The first-order valence-corrected chi connectivity index (χ1v) is 9.16. The highest BCUT2D eigenvalue weighted by molar-refractivity contribution is 5.95.